The van der Waals surface area contributed by atoms with Crippen molar-refractivity contribution in [3.8, 4) is 0 Å². The Morgan fingerprint density at radius 1 is 1.58 bits per heavy atom. The minimum atomic E-state index is -0.642. The number of nitrogens with one attached hydrogen (secondary N) is 1. The predicted octanol–water partition coefficient (Wildman–Crippen LogP) is 1.78. The van der Waals surface area contributed by atoms with Gasteiger partial charge >= 0.3 is 0 Å². The fourth-order valence-electron chi connectivity index (χ4n) is 2.00. The molecule has 2 rings (SSSR count). The van der Waals surface area contributed by atoms with E-state index in [0.717, 1.165) is 0 Å². The highest BCUT2D eigenvalue weighted by Crippen LogP contribution is 2.25. The van der Waals surface area contributed by atoms with Crippen molar-refractivity contribution >= 4 is 34.9 Å². The standard InChI is InChI=1S/C12H15Cl2N3O2/c1-2-12(19)6-17(7-12)5-10(18)16-11-9(14)3-8(13)4-15-11/h3-4,19H,2,5-7H2,1H3,(H,15,16,18). The number of likely N-dealkylation sites (tertiary alicyclic amines) is 1. The first-order chi connectivity index (χ1) is 8.92. The van der Waals surface area contributed by atoms with Crippen molar-refractivity contribution in [2.24, 2.45) is 0 Å². The monoisotopic (exact) mass is 303 g/mol. The van der Waals surface area contributed by atoms with Gasteiger partial charge in [-0.15, -0.1) is 0 Å². The number of aliphatic hydroxyl groups is 1. The smallest absolute Gasteiger partial charge is 0.239 e. The van der Waals surface area contributed by atoms with E-state index in [1.165, 1.54) is 12.3 Å². The Morgan fingerprint density at radius 3 is 2.84 bits per heavy atom. The number of carbonyl (C=O) groups excluding carboxylic acids is 1. The molecule has 5 nitrogen and oxygen atoms in total. The van der Waals surface area contributed by atoms with Gasteiger partial charge in [0.15, 0.2) is 5.82 Å². The van der Waals surface area contributed by atoms with Crippen LogP contribution < -0.4 is 5.32 Å². The Labute approximate surface area is 121 Å². The number of anilines is 1. The zero-order valence-corrected chi connectivity index (χ0v) is 12.0. The Morgan fingerprint density at radius 2 is 2.26 bits per heavy atom. The maximum Gasteiger partial charge on any atom is 0.239 e. The minimum absolute atomic E-state index is 0.211. The zero-order valence-electron chi connectivity index (χ0n) is 10.5. The van der Waals surface area contributed by atoms with Crippen LogP contribution in [-0.4, -0.2) is 46.1 Å². The lowest BCUT2D eigenvalue weighted by Gasteiger charge is -2.45. The molecule has 0 atom stereocenters. The average Bonchev–Trinajstić information content (AvgIpc) is 2.30. The summed E-state index contributed by atoms with van der Waals surface area (Å²) in [5.74, 6) is 0.0808. The summed E-state index contributed by atoms with van der Waals surface area (Å²) in [4.78, 5) is 17.6. The molecule has 104 valence electrons. The van der Waals surface area contributed by atoms with E-state index in [2.05, 4.69) is 10.3 Å². The molecule has 0 saturated carbocycles. The third kappa shape index (κ3) is 3.57. The first kappa shape index (κ1) is 14.5. The molecule has 0 aliphatic carbocycles. The zero-order chi connectivity index (χ0) is 14.0. The van der Waals surface area contributed by atoms with Crippen LogP contribution >= 0.6 is 23.2 Å². The second-order valence-electron chi connectivity index (χ2n) is 4.76. The predicted molar refractivity (Wildman–Crippen MR) is 74.6 cm³/mol. The fourth-order valence-corrected chi connectivity index (χ4v) is 2.43. The molecule has 0 radical (unpaired) electrons. The van der Waals surface area contributed by atoms with Crippen molar-refractivity contribution < 1.29 is 9.90 Å². The number of rotatable bonds is 4. The Bertz CT molecular complexity index is 490. The number of carbonyl (C=O) groups is 1. The van der Waals surface area contributed by atoms with Crippen LogP contribution in [-0.2, 0) is 4.79 Å². The number of halogens is 2. The Kier molecular flexibility index (Phi) is 4.30. The van der Waals surface area contributed by atoms with Crippen LogP contribution in [0.1, 0.15) is 13.3 Å². The molecule has 0 bridgehead atoms. The van der Waals surface area contributed by atoms with Gasteiger partial charge in [-0.25, -0.2) is 4.98 Å². The van der Waals surface area contributed by atoms with Gasteiger partial charge in [0.2, 0.25) is 5.91 Å². The summed E-state index contributed by atoms with van der Waals surface area (Å²) < 4.78 is 0. The number of pyridine rings is 1. The lowest BCUT2D eigenvalue weighted by Crippen LogP contribution is -2.62. The van der Waals surface area contributed by atoms with E-state index >= 15 is 0 Å². The van der Waals surface area contributed by atoms with Crippen molar-refractivity contribution in [1.82, 2.24) is 9.88 Å². The maximum absolute atomic E-state index is 11.8. The first-order valence-corrected chi connectivity index (χ1v) is 6.73. The third-order valence-corrected chi connectivity index (χ3v) is 3.62. The molecule has 0 spiro atoms. The second kappa shape index (κ2) is 5.63. The summed E-state index contributed by atoms with van der Waals surface area (Å²) in [7, 11) is 0. The van der Waals surface area contributed by atoms with Crippen LogP contribution in [0.4, 0.5) is 5.82 Å². The molecule has 1 fully saturated rings. The van der Waals surface area contributed by atoms with E-state index in [1.54, 1.807) is 0 Å². The summed E-state index contributed by atoms with van der Waals surface area (Å²) in [6.45, 7) is 3.16. The number of amides is 1. The normalized spacial score (nSPS) is 17.9. The average molecular weight is 304 g/mol. The van der Waals surface area contributed by atoms with Crippen molar-refractivity contribution in [2.75, 3.05) is 25.0 Å². The molecule has 1 amide bonds. The number of β-amino-alcohol motifs (C(OH)–C–C–N with tert-alkyl or cyclic N) is 1. The van der Waals surface area contributed by atoms with Gasteiger partial charge in [0.1, 0.15) is 0 Å². The number of hydrogen-bond acceptors (Lipinski definition) is 4. The summed E-state index contributed by atoms with van der Waals surface area (Å²) >= 11 is 11.6. The minimum Gasteiger partial charge on any atom is -0.387 e. The van der Waals surface area contributed by atoms with Gasteiger partial charge in [0.05, 0.1) is 22.2 Å². The van der Waals surface area contributed by atoms with Crippen LogP contribution in [0, 0.1) is 0 Å². The van der Waals surface area contributed by atoms with Crippen LogP contribution in [0.3, 0.4) is 0 Å². The molecule has 1 aromatic heterocycles. The van der Waals surface area contributed by atoms with Gasteiger partial charge in [-0.1, -0.05) is 30.1 Å². The number of aromatic nitrogens is 1. The van der Waals surface area contributed by atoms with Gasteiger partial charge in [-0.2, -0.15) is 0 Å². The van der Waals surface area contributed by atoms with Crippen molar-refractivity contribution in [3.63, 3.8) is 0 Å². The fraction of sp³-hybridized carbons (Fsp3) is 0.500. The molecule has 1 aliphatic rings. The largest absolute Gasteiger partial charge is 0.387 e. The second-order valence-corrected chi connectivity index (χ2v) is 5.60. The van der Waals surface area contributed by atoms with Crippen LogP contribution in [0.15, 0.2) is 12.3 Å². The molecule has 19 heavy (non-hydrogen) atoms. The highest BCUT2D eigenvalue weighted by atomic mass is 35.5. The number of hydrogen-bond donors (Lipinski definition) is 2. The first-order valence-electron chi connectivity index (χ1n) is 5.97. The molecule has 0 aromatic carbocycles. The van der Waals surface area contributed by atoms with Crippen molar-refractivity contribution in [3.05, 3.63) is 22.3 Å². The lowest BCUT2D eigenvalue weighted by molar-refractivity contribution is -0.128. The SMILES string of the molecule is CCC1(O)CN(CC(=O)Nc2ncc(Cl)cc2Cl)C1. The summed E-state index contributed by atoms with van der Waals surface area (Å²) in [6, 6.07) is 1.52. The Hall–Kier alpha value is -0.880. The van der Waals surface area contributed by atoms with Crippen molar-refractivity contribution in [1.29, 1.82) is 0 Å². The van der Waals surface area contributed by atoms with E-state index in [1.807, 2.05) is 11.8 Å². The molecular formula is C12H15Cl2N3O2. The van der Waals surface area contributed by atoms with Gasteiger partial charge in [0.25, 0.3) is 0 Å². The van der Waals surface area contributed by atoms with Crippen molar-refractivity contribution in [2.45, 2.75) is 18.9 Å². The topological polar surface area (TPSA) is 65.5 Å². The highest BCUT2D eigenvalue weighted by molar-refractivity contribution is 6.36. The maximum atomic E-state index is 11.8. The summed E-state index contributed by atoms with van der Waals surface area (Å²) in [5, 5.41) is 13.2. The number of nitrogens with zero attached hydrogens (tertiary/aromatic N) is 2. The molecule has 2 heterocycles. The highest BCUT2D eigenvalue weighted by Gasteiger charge is 2.39. The van der Waals surface area contributed by atoms with Gasteiger partial charge in [0, 0.05) is 19.3 Å². The third-order valence-electron chi connectivity index (χ3n) is 3.13. The summed E-state index contributed by atoms with van der Waals surface area (Å²) in [5.41, 5.74) is -0.642. The molecular weight excluding hydrogens is 289 g/mol. The molecule has 1 saturated heterocycles. The molecule has 7 heteroatoms. The van der Waals surface area contributed by atoms with E-state index in [4.69, 9.17) is 23.2 Å². The van der Waals surface area contributed by atoms with E-state index in [9.17, 15) is 9.90 Å². The molecule has 1 aliphatic heterocycles. The van der Waals surface area contributed by atoms with Gasteiger partial charge in [-0.05, 0) is 12.5 Å². The van der Waals surface area contributed by atoms with Crippen LogP contribution in [0.25, 0.3) is 0 Å². The van der Waals surface area contributed by atoms with Crippen LogP contribution in [0.5, 0.6) is 0 Å². The molecule has 1 aromatic rings. The van der Waals surface area contributed by atoms with Gasteiger partial charge in [-0.3, -0.25) is 9.69 Å². The Balaban J connectivity index is 1.85. The molecule has 2 N–H and O–H groups in total. The lowest BCUT2D eigenvalue weighted by atomic mass is 9.91. The van der Waals surface area contributed by atoms with E-state index in [0.29, 0.717) is 35.4 Å². The summed E-state index contributed by atoms with van der Waals surface area (Å²) in [6.07, 6.45) is 2.11. The van der Waals surface area contributed by atoms with E-state index in [-0.39, 0.29) is 12.5 Å². The quantitative estimate of drug-likeness (QED) is 0.890. The van der Waals surface area contributed by atoms with E-state index < -0.39 is 5.60 Å². The molecule has 0 unspecified atom stereocenters. The van der Waals surface area contributed by atoms with Crippen LogP contribution in [0.2, 0.25) is 10.0 Å². The van der Waals surface area contributed by atoms with Gasteiger partial charge < -0.3 is 10.4 Å².